The summed E-state index contributed by atoms with van der Waals surface area (Å²) in [5.74, 6) is 1.81. The Balaban J connectivity index is 1.60. The van der Waals surface area contributed by atoms with Crippen LogP contribution in [-0.2, 0) is 0 Å². The maximum absolute atomic E-state index is 13.1. The number of aromatic nitrogens is 5. The van der Waals surface area contributed by atoms with E-state index in [0.29, 0.717) is 17.9 Å². The van der Waals surface area contributed by atoms with E-state index in [2.05, 4.69) is 25.1 Å². The van der Waals surface area contributed by atoms with Crippen LogP contribution in [0.15, 0.2) is 43.0 Å². The summed E-state index contributed by atoms with van der Waals surface area (Å²) >= 11 is 0. The number of likely N-dealkylation sites (tertiary alicyclic amines) is 1. The molecule has 1 aliphatic heterocycles. The second-order valence-corrected chi connectivity index (χ2v) is 5.94. The summed E-state index contributed by atoms with van der Waals surface area (Å²) < 4.78 is 0. The summed E-state index contributed by atoms with van der Waals surface area (Å²) in [5, 5.41) is 6.85. The quantitative estimate of drug-likeness (QED) is 0.773. The number of amides is 1. The molecule has 1 aromatic carbocycles. The van der Waals surface area contributed by atoms with Crippen molar-refractivity contribution in [3.63, 3.8) is 0 Å². The molecule has 1 fully saturated rings. The van der Waals surface area contributed by atoms with Crippen LogP contribution >= 0.6 is 0 Å². The average Bonchev–Trinajstić information content (AvgIpc) is 3.35. The first kappa shape index (κ1) is 14.6. The molecule has 0 radical (unpaired) electrons. The predicted molar refractivity (Wildman–Crippen MR) is 88.3 cm³/mol. The van der Waals surface area contributed by atoms with Crippen molar-refractivity contribution in [3.05, 3.63) is 54.4 Å². The number of carbonyl (C=O) groups is 1. The van der Waals surface area contributed by atoms with Crippen molar-refractivity contribution < 1.29 is 4.79 Å². The van der Waals surface area contributed by atoms with Gasteiger partial charge in [-0.25, -0.2) is 9.97 Å². The first-order valence-electron chi connectivity index (χ1n) is 8.06. The van der Waals surface area contributed by atoms with Crippen LogP contribution in [0.2, 0.25) is 0 Å². The summed E-state index contributed by atoms with van der Waals surface area (Å²) in [6.07, 6.45) is 6.94. The van der Waals surface area contributed by atoms with Crippen LogP contribution in [0.25, 0.3) is 11.4 Å². The molecule has 2 N–H and O–H groups in total. The van der Waals surface area contributed by atoms with Gasteiger partial charge in [-0.05, 0) is 18.9 Å². The zero-order valence-corrected chi connectivity index (χ0v) is 13.1. The number of benzene rings is 1. The molecule has 0 spiro atoms. The topological polar surface area (TPSA) is 90.6 Å². The van der Waals surface area contributed by atoms with Gasteiger partial charge in [-0.15, -0.1) is 0 Å². The Morgan fingerprint density at radius 2 is 2.17 bits per heavy atom. The zero-order chi connectivity index (χ0) is 16.4. The van der Waals surface area contributed by atoms with Crippen LogP contribution in [0.5, 0.6) is 0 Å². The third kappa shape index (κ3) is 2.68. The van der Waals surface area contributed by atoms with Crippen molar-refractivity contribution in [2.75, 3.05) is 13.1 Å². The van der Waals surface area contributed by atoms with Gasteiger partial charge >= 0.3 is 0 Å². The molecule has 3 aromatic rings. The third-order valence-corrected chi connectivity index (χ3v) is 4.44. The summed E-state index contributed by atoms with van der Waals surface area (Å²) in [5.41, 5.74) is 1.50. The van der Waals surface area contributed by atoms with Crippen molar-refractivity contribution in [2.45, 2.75) is 18.8 Å². The van der Waals surface area contributed by atoms with Crippen LogP contribution < -0.4 is 0 Å². The van der Waals surface area contributed by atoms with E-state index in [0.717, 1.165) is 30.8 Å². The minimum absolute atomic E-state index is 0.0335. The van der Waals surface area contributed by atoms with E-state index in [4.69, 9.17) is 0 Å². The molecule has 1 atom stereocenters. The lowest BCUT2D eigenvalue weighted by Gasteiger charge is -2.32. The highest BCUT2D eigenvalue weighted by Crippen LogP contribution is 2.27. The summed E-state index contributed by atoms with van der Waals surface area (Å²) in [7, 11) is 0. The normalized spacial score (nSPS) is 17.8. The molecular formula is C17H18N6O. The summed E-state index contributed by atoms with van der Waals surface area (Å²) in [6, 6.07) is 7.59. The minimum Gasteiger partial charge on any atom is -0.345 e. The number of piperidine rings is 1. The number of H-pyrrole nitrogens is 2. The average molecular weight is 322 g/mol. The minimum atomic E-state index is 0.0335. The van der Waals surface area contributed by atoms with Crippen molar-refractivity contribution in [1.82, 2.24) is 30.0 Å². The number of nitrogens with one attached hydrogen (secondary N) is 2. The van der Waals surface area contributed by atoms with Crippen molar-refractivity contribution in [1.29, 1.82) is 0 Å². The standard InChI is InChI=1S/C17H18N6O/c24-17(14-6-2-1-5-13(14)16-18-7-8-19-16)23-9-3-4-12(10-23)15-20-11-21-22-15/h1-2,5-8,11-12H,3-4,9-10H2,(H,18,19)(H,20,21,22). The number of imidazole rings is 1. The molecule has 7 nitrogen and oxygen atoms in total. The van der Waals surface area contributed by atoms with E-state index in [1.165, 1.54) is 6.33 Å². The van der Waals surface area contributed by atoms with Gasteiger partial charge in [-0.2, -0.15) is 5.10 Å². The molecule has 1 amide bonds. The van der Waals surface area contributed by atoms with Gasteiger partial charge < -0.3 is 9.88 Å². The van der Waals surface area contributed by atoms with Gasteiger partial charge in [0, 0.05) is 37.0 Å². The SMILES string of the molecule is O=C(c1ccccc1-c1ncc[nH]1)N1CCCC(c2ncn[nH]2)C1. The fourth-order valence-corrected chi connectivity index (χ4v) is 3.26. The fourth-order valence-electron chi connectivity index (χ4n) is 3.26. The van der Waals surface area contributed by atoms with Gasteiger partial charge in [0.05, 0.1) is 5.56 Å². The first-order chi connectivity index (χ1) is 11.8. The van der Waals surface area contributed by atoms with Gasteiger partial charge in [0.15, 0.2) is 0 Å². The van der Waals surface area contributed by atoms with E-state index < -0.39 is 0 Å². The van der Waals surface area contributed by atoms with Crippen LogP contribution in [0.3, 0.4) is 0 Å². The number of hydrogen-bond donors (Lipinski definition) is 2. The lowest BCUT2D eigenvalue weighted by Crippen LogP contribution is -2.39. The second kappa shape index (κ2) is 6.27. The van der Waals surface area contributed by atoms with Gasteiger partial charge in [-0.3, -0.25) is 9.89 Å². The zero-order valence-electron chi connectivity index (χ0n) is 13.1. The predicted octanol–water partition coefficient (Wildman–Crippen LogP) is 2.21. The Morgan fingerprint density at radius 3 is 2.96 bits per heavy atom. The molecule has 3 heterocycles. The number of aromatic amines is 2. The van der Waals surface area contributed by atoms with Crippen LogP contribution in [0, 0.1) is 0 Å². The van der Waals surface area contributed by atoms with Crippen molar-refractivity contribution in [3.8, 4) is 11.4 Å². The molecular weight excluding hydrogens is 304 g/mol. The first-order valence-corrected chi connectivity index (χ1v) is 8.06. The number of nitrogens with zero attached hydrogens (tertiary/aromatic N) is 4. The van der Waals surface area contributed by atoms with Gasteiger partial charge in [0.2, 0.25) is 0 Å². The van der Waals surface area contributed by atoms with E-state index in [9.17, 15) is 4.79 Å². The summed E-state index contributed by atoms with van der Waals surface area (Å²) in [4.78, 5) is 26.6. The van der Waals surface area contributed by atoms with Gasteiger partial charge in [0.25, 0.3) is 5.91 Å². The molecule has 1 aliphatic rings. The highest BCUT2D eigenvalue weighted by molar-refractivity contribution is 6.00. The lowest BCUT2D eigenvalue weighted by molar-refractivity contribution is 0.0705. The number of carbonyl (C=O) groups excluding carboxylic acids is 1. The Hall–Kier alpha value is -2.96. The van der Waals surface area contributed by atoms with Crippen LogP contribution in [-0.4, -0.2) is 49.0 Å². The maximum Gasteiger partial charge on any atom is 0.254 e. The lowest BCUT2D eigenvalue weighted by atomic mass is 9.96. The third-order valence-electron chi connectivity index (χ3n) is 4.44. The largest absolute Gasteiger partial charge is 0.345 e. The van der Waals surface area contributed by atoms with Crippen molar-refractivity contribution >= 4 is 5.91 Å². The van der Waals surface area contributed by atoms with E-state index in [-0.39, 0.29) is 11.8 Å². The second-order valence-electron chi connectivity index (χ2n) is 5.94. The van der Waals surface area contributed by atoms with E-state index in [1.54, 1.807) is 12.4 Å². The van der Waals surface area contributed by atoms with Gasteiger partial charge in [-0.1, -0.05) is 18.2 Å². The van der Waals surface area contributed by atoms with Gasteiger partial charge in [0.1, 0.15) is 18.0 Å². The molecule has 7 heteroatoms. The Labute approximate surface area is 139 Å². The fraction of sp³-hybridized carbons (Fsp3) is 0.294. The Kier molecular flexibility index (Phi) is 3.82. The van der Waals surface area contributed by atoms with Crippen LogP contribution in [0.4, 0.5) is 0 Å². The Bertz CT molecular complexity index is 811. The molecule has 1 saturated heterocycles. The Morgan fingerprint density at radius 1 is 1.25 bits per heavy atom. The number of rotatable bonds is 3. The van der Waals surface area contributed by atoms with E-state index in [1.807, 2.05) is 29.2 Å². The van der Waals surface area contributed by atoms with Crippen LogP contribution in [0.1, 0.15) is 34.9 Å². The molecule has 24 heavy (non-hydrogen) atoms. The number of hydrogen-bond acceptors (Lipinski definition) is 4. The molecule has 122 valence electrons. The molecule has 0 bridgehead atoms. The molecule has 0 aliphatic carbocycles. The van der Waals surface area contributed by atoms with Crippen molar-refractivity contribution in [2.24, 2.45) is 0 Å². The highest BCUT2D eigenvalue weighted by atomic mass is 16.2. The monoisotopic (exact) mass is 322 g/mol. The molecule has 1 unspecified atom stereocenters. The van der Waals surface area contributed by atoms with E-state index >= 15 is 0 Å². The molecule has 4 rings (SSSR count). The highest BCUT2D eigenvalue weighted by Gasteiger charge is 2.28. The maximum atomic E-state index is 13.1. The smallest absolute Gasteiger partial charge is 0.254 e. The summed E-state index contributed by atoms with van der Waals surface area (Å²) in [6.45, 7) is 1.41. The molecule has 0 saturated carbocycles. The molecule has 2 aromatic heterocycles.